The molecular formula is C16H12ClN3O. The van der Waals surface area contributed by atoms with Crippen LogP contribution >= 0.6 is 11.6 Å². The fourth-order valence-corrected chi connectivity index (χ4v) is 2.16. The molecule has 0 bridgehead atoms. The first kappa shape index (κ1) is 13.5. The van der Waals surface area contributed by atoms with Crippen molar-refractivity contribution in [2.75, 3.05) is 7.11 Å². The molecule has 0 aliphatic carbocycles. The first-order valence-electron chi connectivity index (χ1n) is 6.36. The summed E-state index contributed by atoms with van der Waals surface area (Å²) in [5, 5.41) is 1.17. The van der Waals surface area contributed by atoms with E-state index in [2.05, 4.69) is 15.0 Å². The van der Waals surface area contributed by atoms with Gasteiger partial charge in [-0.05, 0) is 42.5 Å². The summed E-state index contributed by atoms with van der Waals surface area (Å²) in [4.78, 5) is 12.9. The highest BCUT2D eigenvalue weighted by molar-refractivity contribution is 6.34. The maximum absolute atomic E-state index is 6.22. The number of fused-ring (bicyclic) bond motifs is 1. The molecule has 4 nitrogen and oxygen atoms in total. The van der Waals surface area contributed by atoms with Crippen molar-refractivity contribution in [1.82, 2.24) is 15.0 Å². The van der Waals surface area contributed by atoms with E-state index >= 15 is 0 Å². The number of halogens is 1. The standard InChI is InChI=1S/C16H12ClN3O/c1-21-12-6-7-14-13(10-12)16(17)20-15(19-14)8-5-11-4-2-3-9-18-11/h2-10H,1H3. The zero-order valence-electron chi connectivity index (χ0n) is 11.3. The number of hydrogen-bond donors (Lipinski definition) is 0. The van der Waals surface area contributed by atoms with Gasteiger partial charge in [-0.3, -0.25) is 4.98 Å². The van der Waals surface area contributed by atoms with Crippen molar-refractivity contribution in [2.24, 2.45) is 0 Å². The van der Waals surface area contributed by atoms with E-state index in [1.807, 2.05) is 42.5 Å². The lowest BCUT2D eigenvalue weighted by Crippen LogP contribution is -1.92. The molecule has 0 atom stereocenters. The summed E-state index contributed by atoms with van der Waals surface area (Å²) in [6.07, 6.45) is 5.37. The molecule has 5 heteroatoms. The Hall–Kier alpha value is -2.46. The van der Waals surface area contributed by atoms with E-state index in [9.17, 15) is 0 Å². The Bertz CT molecular complexity index is 803. The molecule has 0 radical (unpaired) electrons. The minimum absolute atomic E-state index is 0.402. The van der Waals surface area contributed by atoms with Gasteiger partial charge in [0.1, 0.15) is 10.9 Å². The van der Waals surface area contributed by atoms with Crippen LogP contribution in [-0.2, 0) is 0 Å². The maximum atomic E-state index is 6.22. The van der Waals surface area contributed by atoms with E-state index in [4.69, 9.17) is 16.3 Å². The fraction of sp³-hybridized carbons (Fsp3) is 0.0625. The number of hydrogen-bond acceptors (Lipinski definition) is 4. The summed E-state index contributed by atoms with van der Waals surface area (Å²) >= 11 is 6.22. The monoisotopic (exact) mass is 297 g/mol. The third-order valence-corrected chi connectivity index (χ3v) is 3.25. The zero-order valence-corrected chi connectivity index (χ0v) is 12.1. The minimum Gasteiger partial charge on any atom is -0.497 e. The molecule has 3 rings (SSSR count). The number of methoxy groups -OCH3 is 1. The molecule has 0 aliphatic heterocycles. The lowest BCUT2D eigenvalue weighted by Gasteiger charge is -2.04. The molecule has 0 saturated heterocycles. The molecule has 2 heterocycles. The average molecular weight is 298 g/mol. The van der Waals surface area contributed by atoms with Crippen molar-refractivity contribution >= 4 is 34.7 Å². The highest BCUT2D eigenvalue weighted by Crippen LogP contribution is 2.25. The van der Waals surface area contributed by atoms with E-state index in [1.165, 1.54) is 0 Å². The Labute approximate surface area is 127 Å². The summed E-state index contributed by atoms with van der Waals surface area (Å²) in [6.45, 7) is 0. The molecule has 0 spiro atoms. The van der Waals surface area contributed by atoms with Crippen LogP contribution in [0.25, 0.3) is 23.1 Å². The molecule has 0 aliphatic rings. The van der Waals surface area contributed by atoms with Crippen molar-refractivity contribution in [2.45, 2.75) is 0 Å². The zero-order chi connectivity index (χ0) is 14.7. The van der Waals surface area contributed by atoms with E-state index in [0.717, 1.165) is 22.3 Å². The van der Waals surface area contributed by atoms with Gasteiger partial charge in [0.25, 0.3) is 0 Å². The average Bonchev–Trinajstić information content (AvgIpc) is 2.54. The Balaban J connectivity index is 1.99. The van der Waals surface area contributed by atoms with Crippen LogP contribution < -0.4 is 4.74 Å². The molecule has 21 heavy (non-hydrogen) atoms. The fourth-order valence-electron chi connectivity index (χ4n) is 1.92. The molecule has 2 aromatic heterocycles. The van der Waals surface area contributed by atoms with Crippen molar-refractivity contribution in [3.05, 3.63) is 59.3 Å². The molecule has 0 fully saturated rings. The molecule has 104 valence electrons. The molecule has 3 aromatic rings. The lowest BCUT2D eigenvalue weighted by molar-refractivity contribution is 0.415. The Morgan fingerprint density at radius 2 is 2.00 bits per heavy atom. The first-order chi connectivity index (χ1) is 10.3. The van der Waals surface area contributed by atoms with Crippen LogP contribution in [0.15, 0.2) is 42.6 Å². The maximum Gasteiger partial charge on any atom is 0.154 e. The molecular weight excluding hydrogens is 286 g/mol. The molecule has 0 saturated carbocycles. The van der Waals surface area contributed by atoms with Crippen LogP contribution in [0.2, 0.25) is 5.15 Å². The second-order valence-corrected chi connectivity index (χ2v) is 4.70. The van der Waals surface area contributed by atoms with Gasteiger partial charge in [0.05, 0.1) is 18.3 Å². The van der Waals surface area contributed by atoms with Crippen LogP contribution in [-0.4, -0.2) is 22.1 Å². The van der Waals surface area contributed by atoms with Crippen molar-refractivity contribution in [3.8, 4) is 5.75 Å². The van der Waals surface area contributed by atoms with E-state index < -0.39 is 0 Å². The Kier molecular flexibility index (Phi) is 3.79. The lowest BCUT2D eigenvalue weighted by atomic mass is 10.2. The number of rotatable bonds is 3. The largest absolute Gasteiger partial charge is 0.497 e. The van der Waals surface area contributed by atoms with Gasteiger partial charge in [-0.15, -0.1) is 0 Å². The molecule has 1 aromatic carbocycles. The first-order valence-corrected chi connectivity index (χ1v) is 6.74. The van der Waals surface area contributed by atoms with Crippen molar-refractivity contribution in [1.29, 1.82) is 0 Å². The predicted octanol–water partition coefficient (Wildman–Crippen LogP) is 3.86. The van der Waals surface area contributed by atoms with Crippen LogP contribution in [0.3, 0.4) is 0 Å². The van der Waals surface area contributed by atoms with E-state index in [1.54, 1.807) is 19.4 Å². The van der Waals surface area contributed by atoms with Gasteiger partial charge in [-0.25, -0.2) is 9.97 Å². The van der Waals surface area contributed by atoms with Crippen LogP contribution in [0, 0.1) is 0 Å². The van der Waals surface area contributed by atoms with E-state index in [0.29, 0.717) is 11.0 Å². The second kappa shape index (κ2) is 5.89. The van der Waals surface area contributed by atoms with E-state index in [-0.39, 0.29) is 0 Å². The van der Waals surface area contributed by atoms with Gasteiger partial charge in [0.2, 0.25) is 0 Å². The summed E-state index contributed by atoms with van der Waals surface area (Å²) < 4.78 is 5.18. The second-order valence-electron chi connectivity index (χ2n) is 4.34. The van der Waals surface area contributed by atoms with Gasteiger partial charge in [0.15, 0.2) is 5.82 Å². The summed E-state index contributed by atoms with van der Waals surface area (Å²) in [6, 6.07) is 11.2. The van der Waals surface area contributed by atoms with Gasteiger partial charge in [-0.2, -0.15) is 0 Å². The van der Waals surface area contributed by atoms with Gasteiger partial charge >= 0.3 is 0 Å². The highest BCUT2D eigenvalue weighted by atomic mass is 35.5. The van der Waals surface area contributed by atoms with Crippen LogP contribution in [0.5, 0.6) is 5.75 Å². The quantitative estimate of drug-likeness (QED) is 0.689. The number of aromatic nitrogens is 3. The normalized spacial score (nSPS) is 11.1. The minimum atomic E-state index is 0.402. The Morgan fingerprint density at radius 1 is 1.10 bits per heavy atom. The highest BCUT2D eigenvalue weighted by Gasteiger charge is 2.05. The Morgan fingerprint density at radius 3 is 2.76 bits per heavy atom. The van der Waals surface area contributed by atoms with Gasteiger partial charge in [-0.1, -0.05) is 17.7 Å². The summed E-state index contributed by atoms with van der Waals surface area (Å²) in [5.41, 5.74) is 1.61. The van der Waals surface area contributed by atoms with Crippen molar-refractivity contribution < 1.29 is 4.74 Å². The van der Waals surface area contributed by atoms with Crippen molar-refractivity contribution in [3.63, 3.8) is 0 Å². The molecule has 0 N–H and O–H groups in total. The van der Waals surface area contributed by atoms with Crippen LogP contribution in [0.4, 0.5) is 0 Å². The smallest absolute Gasteiger partial charge is 0.154 e. The number of nitrogens with zero attached hydrogens (tertiary/aromatic N) is 3. The van der Waals surface area contributed by atoms with Gasteiger partial charge < -0.3 is 4.74 Å². The third kappa shape index (κ3) is 3.01. The van der Waals surface area contributed by atoms with Crippen LogP contribution in [0.1, 0.15) is 11.5 Å². The molecule has 0 amide bonds. The summed E-state index contributed by atoms with van der Waals surface area (Å²) in [5.74, 6) is 1.27. The summed E-state index contributed by atoms with van der Waals surface area (Å²) in [7, 11) is 1.61. The predicted molar refractivity (Wildman–Crippen MR) is 84.3 cm³/mol. The topological polar surface area (TPSA) is 47.9 Å². The van der Waals surface area contributed by atoms with Gasteiger partial charge in [0, 0.05) is 11.6 Å². The molecule has 0 unspecified atom stereocenters. The number of ether oxygens (including phenoxy) is 1. The number of benzene rings is 1. The third-order valence-electron chi connectivity index (χ3n) is 2.96. The number of pyridine rings is 1. The SMILES string of the molecule is COc1ccc2nc(C=Cc3ccccn3)nc(Cl)c2c1.